The van der Waals surface area contributed by atoms with E-state index in [1.54, 1.807) is 29.1 Å². The van der Waals surface area contributed by atoms with Crippen molar-refractivity contribution in [1.29, 1.82) is 0 Å². The minimum atomic E-state index is -0.792. The number of nitrogens with zero attached hydrogens (tertiary/aromatic N) is 1. The summed E-state index contributed by atoms with van der Waals surface area (Å²) in [6, 6.07) is 4.36. The van der Waals surface area contributed by atoms with Gasteiger partial charge in [0.1, 0.15) is 0 Å². The Kier molecular flexibility index (Phi) is 4.38. The highest BCUT2D eigenvalue weighted by atomic mass is 32.1. The second-order valence-corrected chi connectivity index (χ2v) is 5.05. The SMILES string of the molecule is CNC(Cc1cncs1)Cc1cccc(F)c1F. The van der Waals surface area contributed by atoms with Gasteiger partial charge in [0.25, 0.3) is 0 Å². The first-order chi connectivity index (χ1) is 8.70. The number of likely N-dealkylation sites (N-methyl/N-ethyl adjacent to an activating group) is 1. The smallest absolute Gasteiger partial charge is 0.162 e. The van der Waals surface area contributed by atoms with Crippen LogP contribution in [0.1, 0.15) is 10.4 Å². The number of aromatic nitrogens is 1. The van der Waals surface area contributed by atoms with E-state index in [0.29, 0.717) is 12.0 Å². The third-order valence-corrected chi connectivity index (χ3v) is 3.64. The van der Waals surface area contributed by atoms with Crippen molar-refractivity contribution in [3.05, 3.63) is 52.0 Å². The van der Waals surface area contributed by atoms with Crippen molar-refractivity contribution >= 4 is 11.3 Å². The van der Waals surface area contributed by atoms with E-state index in [2.05, 4.69) is 10.3 Å². The summed E-state index contributed by atoms with van der Waals surface area (Å²) in [5, 5.41) is 3.13. The molecular formula is C13H14F2N2S. The Hall–Kier alpha value is -1.33. The fourth-order valence-corrected chi connectivity index (χ4v) is 2.51. The molecule has 0 radical (unpaired) electrons. The highest BCUT2D eigenvalue weighted by Crippen LogP contribution is 2.16. The van der Waals surface area contributed by atoms with Crippen LogP contribution in [-0.2, 0) is 12.8 Å². The quantitative estimate of drug-likeness (QED) is 0.902. The van der Waals surface area contributed by atoms with Gasteiger partial charge in [0, 0.05) is 17.1 Å². The standard InChI is InChI=1S/C13H14F2N2S/c1-16-10(6-11-7-17-8-18-11)5-9-3-2-4-12(14)13(9)15/h2-4,7-8,10,16H,5-6H2,1H3. The Balaban J connectivity index is 2.08. The van der Waals surface area contributed by atoms with Crippen molar-refractivity contribution in [1.82, 2.24) is 10.3 Å². The molecule has 1 aromatic heterocycles. The largest absolute Gasteiger partial charge is 0.316 e. The fraction of sp³-hybridized carbons (Fsp3) is 0.308. The zero-order chi connectivity index (χ0) is 13.0. The molecule has 0 amide bonds. The molecule has 0 bridgehead atoms. The van der Waals surface area contributed by atoms with Gasteiger partial charge < -0.3 is 5.32 Å². The maximum Gasteiger partial charge on any atom is 0.162 e. The van der Waals surface area contributed by atoms with E-state index in [1.807, 2.05) is 7.05 Å². The molecule has 1 unspecified atom stereocenters. The summed E-state index contributed by atoms with van der Waals surface area (Å²) in [6.45, 7) is 0. The molecule has 2 nitrogen and oxygen atoms in total. The van der Waals surface area contributed by atoms with Gasteiger partial charge in [0.05, 0.1) is 5.51 Å². The average molecular weight is 268 g/mol. The van der Waals surface area contributed by atoms with E-state index in [0.717, 1.165) is 17.4 Å². The van der Waals surface area contributed by atoms with Gasteiger partial charge in [-0.1, -0.05) is 12.1 Å². The lowest BCUT2D eigenvalue weighted by Crippen LogP contribution is -2.30. The maximum atomic E-state index is 13.6. The Bertz CT molecular complexity index is 500. The zero-order valence-electron chi connectivity index (χ0n) is 9.99. The Morgan fingerprint density at radius 3 is 2.83 bits per heavy atom. The van der Waals surface area contributed by atoms with Crippen molar-refractivity contribution in [2.24, 2.45) is 0 Å². The topological polar surface area (TPSA) is 24.9 Å². The molecular weight excluding hydrogens is 254 g/mol. The van der Waals surface area contributed by atoms with E-state index < -0.39 is 11.6 Å². The van der Waals surface area contributed by atoms with Crippen LogP contribution in [0.2, 0.25) is 0 Å². The van der Waals surface area contributed by atoms with Crippen molar-refractivity contribution in [2.45, 2.75) is 18.9 Å². The monoisotopic (exact) mass is 268 g/mol. The highest BCUT2D eigenvalue weighted by molar-refractivity contribution is 7.09. The van der Waals surface area contributed by atoms with Crippen LogP contribution in [0.5, 0.6) is 0 Å². The molecule has 0 fully saturated rings. The van der Waals surface area contributed by atoms with Crippen LogP contribution in [0.15, 0.2) is 29.9 Å². The molecule has 1 heterocycles. The predicted molar refractivity (Wildman–Crippen MR) is 68.7 cm³/mol. The maximum absolute atomic E-state index is 13.6. The van der Waals surface area contributed by atoms with E-state index in [1.165, 1.54) is 6.07 Å². The number of thiazole rings is 1. The van der Waals surface area contributed by atoms with Crippen molar-refractivity contribution in [2.75, 3.05) is 7.05 Å². The minimum absolute atomic E-state index is 0.0711. The first-order valence-corrected chi connectivity index (χ1v) is 6.56. The lowest BCUT2D eigenvalue weighted by atomic mass is 10.0. The molecule has 1 N–H and O–H groups in total. The summed E-state index contributed by atoms with van der Waals surface area (Å²) in [7, 11) is 1.82. The molecule has 2 aromatic rings. The zero-order valence-corrected chi connectivity index (χ0v) is 10.8. The molecule has 0 aliphatic carbocycles. The lowest BCUT2D eigenvalue weighted by molar-refractivity contribution is 0.483. The Morgan fingerprint density at radius 1 is 1.33 bits per heavy atom. The van der Waals surface area contributed by atoms with E-state index in [-0.39, 0.29) is 6.04 Å². The fourth-order valence-electron chi connectivity index (χ4n) is 1.83. The predicted octanol–water partition coefficient (Wildman–Crippen LogP) is 2.79. The normalized spacial score (nSPS) is 12.6. The first-order valence-electron chi connectivity index (χ1n) is 5.68. The molecule has 1 aromatic carbocycles. The van der Waals surface area contributed by atoms with Crippen LogP contribution in [0.4, 0.5) is 8.78 Å². The second kappa shape index (κ2) is 6.02. The number of rotatable bonds is 5. The third-order valence-electron chi connectivity index (χ3n) is 2.84. The van der Waals surface area contributed by atoms with Crippen LogP contribution >= 0.6 is 11.3 Å². The van der Waals surface area contributed by atoms with Gasteiger partial charge in [-0.25, -0.2) is 8.78 Å². The average Bonchev–Trinajstić information content (AvgIpc) is 2.86. The van der Waals surface area contributed by atoms with Gasteiger partial charge in [-0.2, -0.15) is 0 Å². The van der Waals surface area contributed by atoms with Crippen LogP contribution < -0.4 is 5.32 Å². The van der Waals surface area contributed by atoms with E-state index >= 15 is 0 Å². The van der Waals surface area contributed by atoms with Crippen LogP contribution in [0.3, 0.4) is 0 Å². The number of benzene rings is 1. The molecule has 0 aliphatic heterocycles. The molecule has 1 atom stereocenters. The summed E-state index contributed by atoms with van der Waals surface area (Å²) < 4.78 is 26.7. The summed E-state index contributed by atoms with van der Waals surface area (Å²) in [5.41, 5.74) is 2.17. The van der Waals surface area contributed by atoms with Gasteiger partial charge in [-0.3, -0.25) is 4.98 Å². The Labute approximate surface area is 109 Å². The summed E-state index contributed by atoms with van der Waals surface area (Å²) in [5.74, 6) is -1.54. The number of hydrogen-bond donors (Lipinski definition) is 1. The number of nitrogens with one attached hydrogen (secondary N) is 1. The summed E-state index contributed by atoms with van der Waals surface area (Å²) >= 11 is 1.57. The van der Waals surface area contributed by atoms with Gasteiger partial charge >= 0.3 is 0 Å². The van der Waals surface area contributed by atoms with Crippen LogP contribution in [-0.4, -0.2) is 18.1 Å². The molecule has 5 heteroatoms. The van der Waals surface area contributed by atoms with Gasteiger partial charge in [-0.15, -0.1) is 11.3 Å². The summed E-state index contributed by atoms with van der Waals surface area (Å²) in [4.78, 5) is 5.14. The highest BCUT2D eigenvalue weighted by Gasteiger charge is 2.14. The summed E-state index contributed by atoms with van der Waals surface area (Å²) in [6.07, 6.45) is 3.02. The number of halogens is 2. The van der Waals surface area contributed by atoms with Gasteiger partial charge in [0.2, 0.25) is 0 Å². The molecule has 0 spiro atoms. The molecule has 0 aliphatic rings. The lowest BCUT2D eigenvalue weighted by Gasteiger charge is -2.15. The molecule has 96 valence electrons. The third kappa shape index (κ3) is 3.11. The Morgan fingerprint density at radius 2 is 2.17 bits per heavy atom. The van der Waals surface area contributed by atoms with E-state index in [9.17, 15) is 8.78 Å². The van der Waals surface area contributed by atoms with Crippen LogP contribution in [0.25, 0.3) is 0 Å². The van der Waals surface area contributed by atoms with Crippen molar-refractivity contribution in [3.8, 4) is 0 Å². The van der Waals surface area contributed by atoms with E-state index in [4.69, 9.17) is 0 Å². The minimum Gasteiger partial charge on any atom is -0.316 e. The number of hydrogen-bond acceptors (Lipinski definition) is 3. The molecule has 2 rings (SSSR count). The van der Waals surface area contributed by atoms with Gasteiger partial charge in [0.15, 0.2) is 11.6 Å². The molecule has 18 heavy (non-hydrogen) atoms. The van der Waals surface area contributed by atoms with Gasteiger partial charge in [-0.05, 0) is 31.5 Å². The van der Waals surface area contributed by atoms with Crippen LogP contribution in [0, 0.1) is 11.6 Å². The molecule has 0 saturated heterocycles. The van der Waals surface area contributed by atoms with Crippen molar-refractivity contribution in [3.63, 3.8) is 0 Å². The second-order valence-electron chi connectivity index (χ2n) is 4.07. The van der Waals surface area contributed by atoms with Crippen molar-refractivity contribution < 1.29 is 8.78 Å². The first kappa shape index (κ1) is 13.1. The molecule has 0 saturated carbocycles.